The van der Waals surface area contributed by atoms with Crippen LogP contribution in [0.4, 0.5) is 4.39 Å². The number of amides is 1. The second-order valence-electron chi connectivity index (χ2n) is 10.8. The Morgan fingerprint density at radius 3 is 2.38 bits per heavy atom. The van der Waals surface area contributed by atoms with Crippen LogP contribution >= 0.6 is 11.6 Å². The van der Waals surface area contributed by atoms with E-state index in [1.807, 2.05) is 18.2 Å². The summed E-state index contributed by atoms with van der Waals surface area (Å²) in [5, 5.41) is 0.800. The van der Waals surface area contributed by atoms with E-state index in [4.69, 9.17) is 11.6 Å². The van der Waals surface area contributed by atoms with Crippen molar-refractivity contribution in [2.45, 2.75) is 57.5 Å². The number of likely N-dealkylation sites (tertiary alicyclic amines) is 1. The number of nitrogens with zero attached hydrogens (tertiary/aromatic N) is 2. The molecule has 1 saturated carbocycles. The second-order valence-corrected chi connectivity index (χ2v) is 11.2. The van der Waals surface area contributed by atoms with Crippen molar-refractivity contribution in [1.82, 2.24) is 9.80 Å². The van der Waals surface area contributed by atoms with Gasteiger partial charge < -0.3 is 4.90 Å². The van der Waals surface area contributed by atoms with Gasteiger partial charge in [0.05, 0.1) is 0 Å². The van der Waals surface area contributed by atoms with Crippen LogP contribution in [0.15, 0.2) is 72.8 Å². The predicted molar refractivity (Wildman–Crippen MR) is 148 cm³/mol. The lowest BCUT2D eigenvalue weighted by atomic mass is 9.85. The summed E-state index contributed by atoms with van der Waals surface area (Å²) in [6, 6.07) is 23.0. The minimum absolute atomic E-state index is 0.0278. The van der Waals surface area contributed by atoms with E-state index in [0.717, 1.165) is 55.9 Å². The highest BCUT2D eigenvalue weighted by atomic mass is 35.5. The topological polar surface area (TPSA) is 23.6 Å². The number of hydrogen-bond acceptors (Lipinski definition) is 2. The molecule has 1 heterocycles. The molecule has 1 amide bonds. The Labute approximate surface area is 225 Å². The third-order valence-corrected chi connectivity index (χ3v) is 8.62. The maximum Gasteiger partial charge on any atom is 0.254 e. The number of aryl methyl sites for hydroxylation is 1. The van der Waals surface area contributed by atoms with Gasteiger partial charge in [-0.3, -0.25) is 9.69 Å². The smallest absolute Gasteiger partial charge is 0.254 e. The van der Waals surface area contributed by atoms with Crippen molar-refractivity contribution < 1.29 is 9.18 Å². The molecule has 2 atom stereocenters. The molecule has 0 N–H and O–H groups in total. The first-order valence-electron chi connectivity index (χ1n) is 13.6. The van der Waals surface area contributed by atoms with Crippen molar-refractivity contribution in [3.05, 3.63) is 106 Å². The fourth-order valence-corrected chi connectivity index (χ4v) is 6.49. The van der Waals surface area contributed by atoms with E-state index in [9.17, 15) is 9.18 Å². The van der Waals surface area contributed by atoms with Crippen molar-refractivity contribution in [2.24, 2.45) is 5.92 Å². The summed E-state index contributed by atoms with van der Waals surface area (Å²) in [5.41, 5.74) is 4.38. The van der Waals surface area contributed by atoms with E-state index in [-0.39, 0.29) is 17.8 Å². The van der Waals surface area contributed by atoms with Gasteiger partial charge in [-0.15, -0.1) is 0 Å². The standard InChI is InChI=1S/C32H36ClFN2O/c1-23-9-5-7-13-29(23)30-22-35(19-25-10-6-8-14-31(25)33)20-26(30)21-36(28-11-3-2-4-12-28)32(37)24-15-17-27(34)18-16-24/h5-10,13-18,26,28,30H,2-4,11-12,19-22H2,1H3/t26-,30+/m0/s1. The van der Waals surface area contributed by atoms with Crippen LogP contribution in [0.5, 0.6) is 0 Å². The first-order chi connectivity index (χ1) is 18.0. The highest BCUT2D eigenvalue weighted by Crippen LogP contribution is 2.37. The lowest BCUT2D eigenvalue weighted by Gasteiger charge is -2.37. The number of benzene rings is 3. The molecule has 3 aromatic carbocycles. The average Bonchev–Trinajstić information content (AvgIpc) is 3.31. The molecule has 1 aliphatic carbocycles. The third kappa shape index (κ3) is 6.08. The maximum absolute atomic E-state index is 13.8. The van der Waals surface area contributed by atoms with E-state index in [0.29, 0.717) is 23.9 Å². The van der Waals surface area contributed by atoms with Crippen LogP contribution < -0.4 is 0 Å². The molecule has 3 aromatic rings. The van der Waals surface area contributed by atoms with E-state index in [1.165, 1.54) is 29.7 Å². The molecule has 1 aliphatic heterocycles. The van der Waals surface area contributed by atoms with Crippen LogP contribution in [0.3, 0.4) is 0 Å². The Morgan fingerprint density at radius 1 is 0.946 bits per heavy atom. The molecule has 5 heteroatoms. The SMILES string of the molecule is Cc1ccccc1[C@@H]1CN(Cc2ccccc2Cl)C[C@H]1CN(C(=O)c1ccc(F)cc1)C1CCCCC1. The normalized spacial score (nSPS) is 20.7. The maximum atomic E-state index is 13.8. The Bertz CT molecular complexity index is 1210. The van der Waals surface area contributed by atoms with Gasteiger partial charge in [-0.2, -0.15) is 0 Å². The summed E-state index contributed by atoms with van der Waals surface area (Å²) in [4.78, 5) is 18.5. The number of carbonyl (C=O) groups is 1. The zero-order valence-electron chi connectivity index (χ0n) is 21.6. The van der Waals surface area contributed by atoms with Crippen molar-refractivity contribution in [2.75, 3.05) is 19.6 Å². The predicted octanol–water partition coefficient (Wildman–Crippen LogP) is 7.48. The number of hydrogen-bond donors (Lipinski definition) is 0. The highest BCUT2D eigenvalue weighted by molar-refractivity contribution is 6.31. The fraction of sp³-hybridized carbons (Fsp3) is 0.406. The first kappa shape index (κ1) is 25.9. The van der Waals surface area contributed by atoms with Crippen LogP contribution in [-0.2, 0) is 6.54 Å². The van der Waals surface area contributed by atoms with E-state index in [1.54, 1.807) is 12.1 Å². The molecule has 2 fully saturated rings. The summed E-state index contributed by atoms with van der Waals surface area (Å²) >= 11 is 6.52. The molecule has 194 valence electrons. The van der Waals surface area contributed by atoms with Gasteiger partial charge in [-0.05, 0) is 72.7 Å². The largest absolute Gasteiger partial charge is 0.335 e. The molecule has 2 aliphatic rings. The molecule has 0 unspecified atom stereocenters. The highest BCUT2D eigenvalue weighted by Gasteiger charge is 2.38. The summed E-state index contributed by atoms with van der Waals surface area (Å²) in [5.74, 6) is 0.345. The Balaban J connectivity index is 1.44. The quantitative estimate of drug-likeness (QED) is 0.323. The van der Waals surface area contributed by atoms with Crippen LogP contribution in [0.2, 0.25) is 5.02 Å². The van der Waals surface area contributed by atoms with Gasteiger partial charge in [0.25, 0.3) is 5.91 Å². The van der Waals surface area contributed by atoms with E-state index < -0.39 is 0 Å². The van der Waals surface area contributed by atoms with Gasteiger partial charge in [-0.1, -0.05) is 73.3 Å². The fourth-order valence-electron chi connectivity index (χ4n) is 6.30. The van der Waals surface area contributed by atoms with E-state index >= 15 is 0 Å². The monoisotopic (exact) mass is 518 g/mol. The van der Waals surface area contributed by atoms with Crippen molar-refractivity contribution >= 4 is 17.5 Å². The summed E-state index contributed by atoms with van der Waals surface area (Å²) in [6.07, 6.45) is 5.62. The molecule has 5 rings (SSSR count). The summed E-state index contributed by atoms with van der Waals surface area (Å²) < 4.78 is 13.6. The lowest BCUT2D eigenvalue weighted by molar-refractivity contribution is 0.0588. The molecule has 0 spiro atoms. The van der Waals surface area contributed by atoms with Gasteiger partial charge in [0.15, 0.2) is 0 Å². The molecule has 0 aromatic heterocycles. The van der Waals surface area contributed by atoms with Gasteiger partial charge in [0.1, 0.15) is 5.82 Å². The Kier molecular flexibility index (Phi) is 8.26. The van der Waals surface area contributed by atoms with Crippen LogP contribution in [0.1, 0.15) is 65.1 Å². The van der Waals surface area contributed by atoms with Crippen LogP contribution in [-0.4, -0.2) is 41.4 Å². The second kappa shape index (κ2) is 11.8. The molecular formula is C32H36ClFN2O. The average molecular weight is 519 g/mol. The number of halogens is 2. The lowest BCUT2D eigenvalue weighted by Crippen LogP contribution is -2.45. The summed E-state index contributed by atoms with van der Waals surface area (Å²) in [7, 11) is 0. The molecule has 0 bridgehead atoms. The molecule has 0 radical (unpaired) electrons. The molecule has 1 saturated heterocycles. The zero-order valence-corrected chi connectivity index (χ0v) is 22.3. The van der Waals surface area contributed by atoms with Crippen LogP contribution in [0.25, 0.3) is 0 Å². The van der Waals surface area contributed by atoms with Crippen LogP contribution in [0, 0.1) is 18.7 Å². The van der Waals surface area contributed by atoms with Gasteiger partial charge >= 0.3 is 0 Å². The van der Waals surface area contributed by atoms with Gasteiger partial charge in [-0.25, -0.2) is 4.39 Å². The Hall–Kier alpha value is -2.69. The minimum atomic E-state index is -0.314. The van der Waals surface area contributed by atoms with Crippen molar-refractivity contribution in [3.63, 3.8) is 0 Å². The van der Waals surface area contributed by atoms with Crippen molar-refractivity contribution in [1.29, 1.82) is 0 Å². The van der Waals surface area contributed by atoms with E-state index in [2.05, 4.69) is 47.1 Å². The first-order valence-corrected chi connectivity index (χ1v) is 13.9. The summed E-state index contributed by atoms with van der Waals surface area (Å²) in [6.45, 7) is 5.53. The Morgan fingerprint density at radius 2 is 1.65 bits per heavy atom. The number of rotatable bonds is 7. The van der Waals surface area contributed by atoms with Crippen molar-refractivity contribution in [3.8, 4) is 0 Å². The molecule has 3 nitrogen and oxygen atoms in total. The molecular weight excluding hydrogens is 483 g/mol. The number of carbonyl (C=O) groups excluding carboxylic acids is 1. The third-order valence-electron chi connectivity index (χ3n) is 8.26. The minimum Gasteiger partial charge on any atom is -0.335 e. The zero-order chi connectivity index (χ0) is 25.8. The van der Waals surface area contributed by atoms with Gasteiger partial charge in [0, 0.05) is 48.7 Å². The molecule has 37 heavy (non-hydrogen) atoms. The van der Waals surface area contributed by atoms with Gasteiger partial charge in [0.2, 0.25) is 0 Å².